The molecule has 0 radical (unpaired) electrons. The predicted molar refractivity (Wildman–Crippen MR) is 74.8 cm³/mol. The molecule has 0 saturated carbocycles. The van der Waals surface area contributed by atoms with Gasteiger partial charge >= 0.3 is 0 Å². The predicted octanol–water partition coefficient (Wildman–Crippen LogP) is 1.19. The fourth-order valence-corrected chi connectivity index (χ4v) is 2.75. The first-order chi connectivity index (χ1) is 9.14. The van der Waals surface area contributed by atoms with Crippen LogP contribution < -0.4 is 5.32 Å². The third-order valence-electron chi connectivity index (χ3n) is 4.01. The van der Waals surface area contributed by atoms with Crippen LogP contribution in [0.1, 0.15) is 32.4 Å². The van der Waals surface area contributed by atoms with Gasteiger partial charge in [-0.15, -0.1) is 0 Å². The third kappa shape index (κ3) is 3.56. The molecule has 1 aliphatic rings. The average molecular weight is 264 g/mol. The standard InChI is InChI=1S/C14H24N4O/c1-3-18-10-4-7-14(2,11-18)13(19)15-8-5-12-6-9-16-17-12/h6,9H,3-5,7-8,10-11H2,1-2H3,(H,15,19)(H,16,17)/t14-/m0/s1. The van der Waals surface area contributed by atoms with E-state index in [1.807, 2.05) is 6.07 Å². The molecule has 0 bridgehead atoms. The highest BCUT2D eigenvalue weighted by Crippen LogP contribution is 2.29. The van der Waals surface area contributed by atoms with Crippen molar-refractivity contribution in [1.29, 1.82) is 0 Å². The monoisotopic (exact) mass is 264 g/mol. The number of hydrogen-bond acceptors (Lipinski definition) is 3. The second-order valence-corrected chi connectivity index (χ2v) is 5.62. The van der Waals surface area contributed by atoms with E-state index in [0.29, 0.717) is 6.54 Å². The van der Waals surface area contributed by atoms with Gasteiger partial charge in [-0.2, -0.15) is 5.10 Å². The van der Waals surface area contributed by atoms with Crippen molar-refractivity contribution in [1.82, 2.24) is 20.4 Å². The van der Waals surface area contributed by atoms with Gasteiger partial charge < -0.3 is 10.2 Å². The number of hydrogen-bond donors (Lipinski definition) is 2. The van der Waals surface area contributed by atoms with E-state index in [9.17, 15) is 4.79 Å². The highest BCUT2D eigenvalue weighted by atomic mass is 16.2. The summed E-state index contributed by atoms with van der Waals surface area (Å²) < 4.78 is 0. The number of aromatic nitrogens is 2. The Morgan fingerprint density at radius 1 is 1.63 bits per heavy atom. The van der Waals surface area contributed by atoms with E-state index in [4.69, 9.17) is 0 Å². The van der Waals surface area contributed by atoms with Gasteiger partial charge in [0.15, 0.2) is 0 Å². The van der Waals surface area contributed by atoms with Crippen molar-refractivity contribution in [2.75, 3.05) is 26.2 Å². The van der Waals surface area contributed by atoms with Crippen LogP contribution in [0.4, 0.5) is 0 Å². The van der Waals surface area contributed by atoms with Gasteiger partial charge in [0.05, 0.1) is 5.41 Å². The quantitative estimate of drug-likeness (QED) is 0.840. The molecule has 5 nitrogen and oxygen atoms in total. The van der Waals surface area contributed by atoms with Gasteiger partial charge in [0.2, 0.25) is 5.91 Å². The average Bonchev–Trinajstić information content (AvgIpc) is 2.91. The Bertz CT molecular complexity index is 404. The fraction of sp³-hybridized carbons (Fsp3) is 0.714. The van der Waals surface area contributed by atoms with Crippen molar-refractivity contribution >= 4 is 5.91 Å². The van der Waals surface area contributed by atoms with Crippen LogP contribution in [0.25, 0.3) is 0 Å². The minimum Gasteiger partial charge on any atom is -0.355 e. The van der Waals surface area contributed by atoms with E-state index < -0.39 is 0 Å². The molecule has 0 aliphatic carbocycles. The molecule has 1 amide bonds. The zero-order chi connectivity index (χ0) is 13.7. The van der Waals surface area contributed by atoms with Crippen LogP contribution in [0.5, 0.6) is 0 Å². The highest BCUT2D eigenvalue weighted by molar-refractivity contribution is 5.82. The second-order valence-electron chi connectivity index (χ2n) is 5.62. The van der Waals surface area contributed by atoms with E-state index in [0.717, 1.165) is 44.6 Å². The Kier molecular flexibility index (Phi) is 4.58. The number of carbonyl (C=O) groups is 1. The van der Waals surface area contributed by atoms with Gasteiger partial charge in [-0.1, -0.05) is 6.92 Å². The SMILES string of the molecule is CCN1CCC[C@](C)(C(=O)NCCc2ccn[nH]2)C1. The lowest BCUT2D eigenvalue weighted by atomic mass is 9.81. The van der Waals surface area contributed by atoms with Crippen LogP contribution >= 0.6 is 0 Å². The zero-order valence-electron chi connectivity index (χ0n) is 11.9. The van der Waals surface area contributed by atoms with Crippen molar-refractivity contribution in [3.63, 3.8) is 0 Å². The van der Waals surface area contributed by atoms with Gasteiger partial charge in [0.25, 0.3) is 0 Å². The molecule has 106 valence electrons. The smallest absolute Gasteiger partial charge is 0.227 e. The van der Waals surface area contributed by atoms with E-state index in [2.05, 4.69) is 34.3 Å². The fourth-order valence-electron chi connectivity index (χ4n) is 2.75. The first-order valence-electron chi connectivity index (χ1n) is 7.13. The maximum Gasteiger partial charge on any atom is 0.227 e. The largest absolute Gasteiger partial charge is 0.355 e. The molecule has 19 heavy (non-hydrogen) atoms. The van der Waals surface area contributed by atoms with Gasteiger partial charge in [0.1, 0.15) is 0 Å². The van der Waals surface area contributed by atoms with Gasteiger partial charge in [-0.3, -0.25) is 9.89 Å². The lowest BCUT2D eigenvalue weighted by molar-refractivity contribution is -0.133. The Labute approximate surface area is 114 Å². The second kappa shape index (κ2) is 6.19. The molecule has 5 heteroatoms. The summed E-state index contributed by atoms with van der Waals surface area (Å²) in [6, 6.07) is 1.94. The van der Waals surface area contributed by atoms with Crippen LogP contribution in [0, 0.1) is 5.41 Å². The molecule has 0 aromatic carbocycles. The molecule has 1 aromatic rings. The van der Waals surface area contributed by atoms with Crippen molar-refractivity contribution in [3.8, 4) is 0 Å². The first-order valence-corrected chi connectivity index (χ1v) is 7.13. The van der Waals surface area contributed by atoms with E-state index >= 15 is 0 Å². The molecule has 1 atom stereocenters. The molecule has 1 saturated heterocycles. The molecule has 0 spiro atoms. The number of nitrogens with one attached hydrogen (secondary N) is 2. The first kappa shape index (κ1) is 14.1. The molecule has 2 rings (SSSR count). The summed E-state index contributed by atoms with van der Waals surface area (Å²) >= 11 is 0. The van der Waals surface area contributed by atoms with Crippen molar-refractivity contribution < 1.29 is 4.79 Å². The molecule has 2 heterocycles. The molecular weight excluding hydrogens is 240 g/mol. The Morgan fingerprint density at radius 2 is 2.47 bits per heavy atom. The van der Waals surface area contributed by atoms with Crippen LogP contribution in [-0.4, -0.2) is 47.2 Å². The Hall–Kier alpha value is -1.36. The number of amides is 1. The third-order valence-corrected chi connectivity index (χ3v) is 4.01. The molecule has 0 unspecified atom stereocenters. The number of piperidine rings is 1. The summed E-state index contributed by atoms with van der Waals surface area (Å²) in [5, 5.41) is 9.87. The molecule has 1 aromatic heterocycles. The number of likely N-dealkylation sites (tertiary alicyclic amines) is 1. The normalized spacial score (nSPS) is 24.3. The summed E-state index contributed by atoms with van der Waals surface area (Å²) in [5.41, 5.74) is 0.826. The molecule has 1 fully saturated rings. The lowest BCUT2D eigenvalue weighted by Crippen LogP contribution is -2.50. The van der Waals surface area contributed by atoms with Crippen molar-refractivity contribution in [2.45, 2.75) is 33.1 Å². The maximum atomic E-state index is 12.3. The number of H-pyrrole nitrogens is 1. The maximum absolute atomic E-state index is 12.3. The Morgan fingerprint density at radius 3 is 3.16 bits per heavy atom. The van der Waals surface area contributed by atoms with Crippen molar-refractivity contribution in [3.05, 3.63) is 18.0 Å². The number of aromatic amines is 1. The molecular formula is C14H24N4O. The van der Waals surface area contributed by atoms with Crippen LogP contribution in [0.3, 0.4) is 0 Å². The minimum absolute atomic E-state index is 0.185. The van der Waals surface area contributed by atoms with E-state index in [1.54, 1.807) is 6.20 Å². The minimum atomic E-state index is -0.234. The lowest BCUT2D eigenvalue weighted by Gasteiger charge is -2.38. The topological polar surface area (TPSA) is 61.0 Å². The van der Waals surface area contributed by atoms with Gasteiger partial charge in [-0.25, -0.2) is 0 Å². The van der Waals surface area contributed by atoms with Crippen molar-refractivity contribution in [2.24, 2.45) is 5.41 Å². The van der Waals surface area contributed by atoms with Gasteiger partial charge in [0, 0.05) is 31.4 Å². The Balaban J connectivity index is 1.81. The zero-order valence-corrected chi connectivity index (χ0v) is 11.9. The summed E-state index contributed by atoms with van der Waals surface area (Å²) in [7, 11) is 0. The van der Waals surface area contributed by atoms with Crippen LogP contribution in [-0.2, 0) is 11.2 Å². The molecule has 2 N–H and O–H groups in total. The summed E-state index contributed by atoms with van der Waals surface area (Å²) in [6.07, 6.45) is 4.63. The number of rotatable bonds is 5. The van der Waals surface area contributed by atoms with Crippen LogP contribution in [0.2, 0.25) is 0 Å². The van der Waals surface area contributed by atoms with Gasteiger partial charge in [-0.05, 0) is 38.9 Å². The van der Waals surface area contributed by atoms with Crippen LogP contribution in [0.15, 0.2) is 12.3 Å². The summed E-state index contributed by atoms with van der Waals surface area (Å²) in [5.74, 6) is 0.185. The highest BCUT2D eigenvalue weighted by Gasteiger charge is 2.36. The molecule has 1 aliphatic heterocycles. The van der Waals surface area contributed by atoms with E-state index in [1.165, 1.54) is 0 Å². The summed E-state index contributed by atoms with van der Waals surface area (Å²) in [4.78, 5) is 14.7. The summed E-state index contributed by atoms with van der Waals surface area (Å²) in [6.45, 7) is 7.93. The number of carbonyl (C=O) groups excluding carboxylic acids is 1. The van der Waals surface area contributed by atoms with E-state index in [-0.39, 0.29) is 11.3 Å². The number of nitrogens with zero attached hydrogens (tertiary/aromatic N) is 2.